The van der Waals surface area contributed by atoms with Gasteiger partial charge in [-0.1, -0.05) is 18.2 Å². The van der Waals surface area contributed by atoms with Crippen LogP contribution in [-0.4, -0.2) is 43.6 Å². The third-order valence-electron chi connectivity index (χ3n) is 6.39. The molecular weight excluding hydrogens is 486 g/mol. The second kappa shape index (κ2) is 10.8. The Morgan fingerprint density at radius 3 is 2.32 bits per heavy atom. The Labute approximate surface area is 221 Å². The molecule has 8 nitrogen and oxygen atoms in total. The Hall–Kier alpha value is -4.59. The lowest BCUT2D eigenvalue weighted by Gasteiger charge is -2.26. The molecule has 0 bridgehead atoms. The van der Waals surface area contributed by atoms with Crippen LogP contribution in [0.25, 0.3) is 5.76 Å². The number of esters is 1. The van der Waals surface area contributed by atoms with Gasteiger partial charge < -0.3 is 19.3 Å². The number of amides is 1. The summed E-state index contributed by atoms with van der Waals surface area (Å²) in [5, 5.41) is 11.6. The Bertz CT molecular complexity index is 1440. The van der Waals surface area contributed by atoms with E-state index in [1.807, 2.05) is 19.9 Å². The molecule has 1 N–H and O–H groups in total. The molecule has 3 aromatic carbocycles. The monoisotopic (exact) mass is 515 g/mol. The van der Waals surface area contributed by atoms with Crippen molar-refractivity contribution in [2.75, 3.05) is 25.7 Å². The van der Waals surface area contributed by atoms with Crippen molar-refractivity contribution in [3.63, 3.8) is 0 Å². The quantitative estimate of drug-likeness (QED) is 0.202. The molecule has 3 aromatic rings. The highest BCUT2D eigenvalue weighted by atomic mass is 16.5. The standard InChI is InChI=1S/C30H29NO7/c1-6-38-30(35)19-10-12-21(13-11-19)31-25(20-8-7-9-22(16-20)36-4)24(27(33)29(31)34)26(32)23-15-17(2)14-18(3)28(23)37-5/h7-16,25,32H,6H2,1-5H3/b26-24+. The highest BCUT2D eigenvalue weighted by Crippen LogP contribution is 2.44. The number of aryl methyl sites for hydroxylation is 2. The number of rotatable bonds is 7. The van der Waals surface area contributed by atoms with E-state index in [1.165, 1.54) is 31.3 Å². The van der Waals surface area contributed by atoms with Gasteiger partial charge in [0.25, 0.3) is 11.7 Å². The van der Waals surface area contributed by atoms with Gasteiger partial charge >= 0.3 is 5.97 Å². The zero-order valence-electron chi connectivity index (χ0n) is 21.9. The van der Waals surface area contributed by atoms with Crippen molar-refractivity contribution in [1.29, 1.82) is 0 Å². The number of nitrogens with zero attached hydrogens (tertiary/aromatic N) is 1. The maximum absolute atomic E-state index is 13.5. The van der Waals surface area contributed by atoms with Crippen molar-refractivity contribution in [2.45, 2.75) is 26.8 Å². The largest absolute Gasteiger partial charge is 0.507 e. The smallest absolute Gasteiger partial charge is 0.338 e. The number of hydrogen-bond acceptors (Lipinski definition) is 7. The van der Waals surface area contributed by atoms with E-state index in [4.69, 9.17) is 14.2 Å². The number of ketones is 1. The summed E-state index contributed by atoms with van der Waals surface area (Å²) in [6.07, 6.45) is 0. The lowest BCUT2D eigenvalue weighted by molar-refractivity contribution is -0.132. The Morgan fingerprint density at radius 2 is 1.68 bits per heavy atom. The summed E-state index contributed by atoms with van der Waals surface area (Å²) in [6, 6.07) is 15.8. The number of methoxy groups -OCH3 is 2. The van der Waals surface area contributed by atoms with Gasteiger partial charge in [-0.15, -0.1) is 0 Å². The number of hydrogen-bond donors (Lipinski definition) is 1. The van der Waals surface area contributed by atoms with Gasteiger partial charge in [-0.25, -0.2) is 4.79 Å². The molecular formula is C30H29NO7. The average molecular weight is 516 g/mol. The first-order chi connectivity index (χ1) is 18.2. The Balaban J connectivity index is 1.94. The minimum atomic E-state index is -0.968. The first-order valence-corrected chi connectivity index (χ1v) is 12.1. The lowest BCUT2D eigenvalue weighted by atomic mass is 9.93. The fraction of sp³-hybridized carbons (Fsp3) is 0.233. The van der Waals surface area contributed by atoms with E-state index in [2.05, 4.69) is 0 Å². The first-order valence-electron chi connectivity index (χ1n) is 12.1. The van der Waals surface area contributed by atoms with E-state index in [0.717, 1.165) is 11.1 Å². The topological polar surface area (TPSA) is 102 Å². The molecule has 8 heteroatoms. The van der Waals surface area contributed by atoms with Crippen LogP contribution in [0.4, 0.5) is 5.69 Å². The number of aliphatic hydroxyl groups is 1. The van der Waals surface area contributed by atoms with Crippen molar-refractivity contribution in [1.82, 2.24) is 0 Å². The number of Topliss-reactive ketones (excluding diaryl/α,β-unsaturated/α-hetero) is 1. The van der Waals surface area contributed by atoms with Gasteiger partial charge in [0.05, 0.1) is 43.6 Å². The van der Waals surface area contributed by atoms with Crippen LogP contribution in [0, 0.1) is 13.8 Å². The number of ether oxygens (including phenoxy) is 3. The summed E-state index contributed by atoms with van der Waals surface area (Å²) in [7, 11) is 3.00. The third-order valence-corrected chi connectivity index (χ3v) is 6.39. The van der Waals surface area contributed by atoms with Crippen molar-refractivity contribution in [2.24, 2.45) is 0 Å². The zero-order chi connectivity index (χ0) is 27.6. The molecule has 1 fully saturated rings. The molecule has 0 aromatic heterocycles. The first kappa shape index (κ1) is 26.5. The van der Waals surface area contributed by atoms with Gasteiger partial charge in [-0.05, 0) is 79.9 Å². The molecule has 0 saturated carbocycles. The SMILES string of the molecule is CCOC(=O)c1ccc(N2C(=O)C(=O)/C(=C(/O)c3cc(C)cc(C)c3OC)C2c2cccc(OC)c2)cc1. The van der Waals surface area contributed by atoms with Crippen LogP contribution in [-0.2, 0) is 14.3 Å². The number of carbonyl (C=O) groups is 3. The zero-order valence-corrected chi connectivity index (χ0v) is 21.9. The fourth-order valence-corrected chi connectivity index (χ4v) is 4.74. The third kappa shape index (κ3) is 4.72. The molecule has 38 heavy (non-hydrogen) atoms. The van der Waals surface area contributed by atoms with Gasteiger partial charge in [-0.2, -0.15) is 0 Å². The average Bonchev–Trinajstić information content (AvgIpc) is 3.18. The van der Waals surface area contributed by atoms with E-state index in [0.29, 0.717) is 33.9 Å². The molecule has 1 aliphatic rings. The van der Waals surface area contributed by atoms with Crippen LogP contribution < -0.4 is 14.4 Å². The maximum Gasteiger partial charge on any atom is 0.338 e. The van der Waals surface area contributed by atoms with Crippen molar-refractivity contribution in [3.05, 3.63) is 94.1 Å². The number of aliphatic hydroxyl groups excluding tert-OH is 1. The molecule has 0 spiro atoms. The van der Waals surface area contributed by atoms with Crippen molar-refractivity contribution in [3.8, 4) is 11.5 Å². The maximum atomic E-state index is 13.5. The molecule has 0 radical (unpaired) electrons. The molecule has 1 aliphatic heterocycles. The van der Waals surface area contributed by atoms with Crippen molar-refractivity contribution < 1.29 is 33.7 Å². The molecule has 1 unspecified atom stereocenters. The molecule has 0 aliphatic carbocycles. The minimum absolute atomic E-state index is 0.0824. The molecule has 4 rings (SSSR count). The van der Waals surface area contributed by atoms with Crippen LogP contribution in [0.15, 0.2) is 66.2 Å². The molecule has 1 atom stereocenters. The summed E-state index contributed by atoms with van der Waals surface area (Å²) in [4.78, 5) is 40.4. The van der Waals surface area contributed by atoms with E-state index in [-0.39, 0.29) is 17.9 Å². The van der Waals surface area contributed by atoms with Gasteiger partial charge in [0, 0.05) is 5.69 Å². The summed E-state index contributed by atoms with van der Waals surface area (Å²) in [5.74, 6) is -1.56. The Morgan fingerprint density at radius 1 is 0.974 bits per heavy atom. The van der Waals surface area contributed by atoms with Gasteiger partial charge in [0.2, 0.25) is 0 Å². The van der Waals surface area contributed by atoms with E-state index in [9.17, 15) is 19.5 Å². The van der Waals surface area contributed by atoms with E-state index in [1.54, 1.807) is 49.4 Å². The summed E-state index contributed by atoms with van der Waals surface area (Å²) < 4.78 is 16.0. The highest BCUT2D eigenvalue weighted by molar-refractivity contribution is 6.51. The molecule has 1 saturated heterocycles. The van der Waals surface area contributed by atoms with Gasteiger partial charge in [0.15, 0.2) is 0 Å². The van der Waals surface area contributed by atoms with Crippen LogP contribution >= 0.6 is 0 Å². The highest BCUT2D eigenvalue weighted by Gasteiger charge is 2.47. The van der Waals surface area contributed by atoms with Crippen LogP contribution in [0.3, 0.4) is 0 Å². The second-order valence-electron chi connectivity index (χ2n) is 8.88. The summed E-state index contributed by atoms with van der Waals surface area (Å²) in [6.45, 7) is 5.65. The predicted molar refractivity (Wildman–Crippen MR) is 143 cm³/mol. The van der Waals surface area contributed by atoms with E-state index >= 15 is 0 Å². The van der Waals surface area contributed by atoms with Gasteiger partial charge in [-0.3, -0.25) is 14.5 Å². The fourth-order valence-electron chi connectivity index (χ4n) is 4.74. The summed E-state index contributed by atoms with van der Waals surface area (Å²) >= 11 is 0. The van der Waals surface area contributed by atoms with Crippen LogP contribution in [0.1, 0.15) is 45.6 Å². The van der Waals surface area contributed by atoms with Crippen molar-refractivity contribution >= 4 is 29.1 Å². The number of anilines is 1. The van der Waals surface area contributed by atoms with Crippen LogP contribution in [0.5, 0.6) is 11.5 Å². The minimum Gasteiger partial charge on any atom is -0.507 e. The second-order valence-corrected chi connectivity index (χ2v) is 8.88. The van der Waals surface area contributed by atoms with E-state index < -0.39 is 23.7 Å². The molecule has 1 amide bonds. The normalized spacial score (nSPS) is 16.4. The molecule has 1 heterocycles. The molecule has 196 valence electrons. The predicted octanol–water partition coefficient (Wildman–Crippen LogP) is 5.12. The van der Waals surface area contributed by atoms with Crippen LogP contribution in [0.2, 0.25) is 0 Å². The number of carbonyl (C=O) groups excluding carboxylic acids is 3. The summed E-state index contributed by atoms with van der Waals surface area (Å²) in [5.41, 5.74) is 3.10. The van der Waals surface area contributed by atoms with Gasteiger partial charge in [0.1, 0.15) is 17.3 Å². The Kier molecular flexibility index (Phi) is 7.52. The number of benzene rings is 3. The lowest BCUT2D eigenvalue weighted by Crippen LogP contribution is -2.29.